The van der Waals surface area contributed by atoms with Crippen LogP contribution in [0.4, 0.5) is 5.69 Å². The molecule has 0 radical (unpaired) electrons. The second kappa shape index (κ2) is 12.7. The molecule has 46 heavy (non-hydrogen) atoms. The van der Waals surface area contributed by atoms with E-state index in [2.05, 4.69) is 25.2 Å². The number of carbonyl (C=O) groups excluding carboxylic acids is 2. The molecule has 242 valence electrons. The Balaban J connectivity index is 1.18. The second-order valence-electron chi connectivity index (χ2n) is 11.3. The summed E-state index contributed by atoms with van der Waals surface area (Å²) in [5.41, 5.74) is 1.82. The van der Waals surface area contributed by atoms with Gasteiger partial charge in [0.25, 0.3) is 17.4 Å². The number of nitrogens with one attached hydrogen (secondary N) is 3. The Kier molecular flexibility index (Phi) is 8.56. The van der Waals surface area contributed by atoms with Gasteiger partial charge in [0.1, 0.15) is 29.8 Å². The lowest BCUT2D eigenvalue weighted by Gasteiger charge is -2.33. The van der Waals surface area contributed by atoms with Gasteiger partial charge in [0.15, 0.2) is 11.5 Å². The summed E-state index contributed by atoms with van der Waals surface area (Å²) in [5.74, 6) is 1.28. The molecule has 2 aromatic heterocycles. The first-order valence-corrected chi connectivity index (χ1v) is 14.9. The fourth-order valence-corrected chi connectivity index (χ4v) is 5.95. The molecule has 0 saturated carbocycles. The number of hydrogen-bond acceptors (Lipinski definition) is 11. The molecule has 14 nitrogen and oxygen atoms in total. The van der Waals surface area contributed by atoms with Gasteiger partial charge in [0.2, 0.25) is 5.75 Å². The number of aromatic nitrogens is 3. The van der Waals surface area contributed by atoms with Crippen LogP contribution in [0.25, 0.3) is 22.4 Å². The van der Waals surface area contributed by atoms with E-state index in [4.69, 9.17) is 18.9 Å². The van der Waals surface area contributed by atoms with Crippen LogP contribution in [-0.4, -0.2) is 108 Å². The number of benzene rings is 2. The van der Waals surface area contributed by atoms with E-state index in [1.54, 1.807) is 30.3 Å². The SMILES string of the molecule is COc1cc(OCC(O)CNc2cc[nH]c(=O)c2-c2nc3cc4c(cc3[nH]2)C(=O)N(C2CCN(C)CC2)C4=O)cc(OC)c1OC. The van der Waals surface area contributed by atoms with Crippen molar-refractivity contribution in [3.63, 3.8) is 0 Å². The highest BCUT2D eigenvalue weighted by Crippen LogP contribution is 2.41. The zero-order valence-corrected chi connectivity index (χ0v) is 26.0. The number of imide groups is 1. The normalized spacial score (nSPS) is 16.1. The Morgan fingerprint density at radius 3 is 2.33 bits per heavy atom. The second-order valence-corrected chi connectivity index (χ2v) is 11.3. The van der Waals surface area contributed by atoms with Crippen LogP contribution in [0.1, 0.15) is 33.6 Å². The van der Waals surface area contributed by atoms with E-state index in [0.29, 0.717) is 50.8 Å². The number of pyridine rings is 1. The maximum absolute atomic E-state index is 13.3. The minimum absolute atomic E-state index is 0.0468. The number of likely N-dealkylation sites (tertiary alicyclic amines) is 1. The summed E-state index contributed by atoms with van der Waals surface area (Å²) >= 11 is 0. The highest BCUT2D eigenvalue weighted by molar-refractivity contribution is 6.23. The highest BCUT2D eigenvalue weighted by Gasteiger charge is 2.41. The Morgan fingerprint density at radius 1 is 1.00 bits per heavy atom. The van der Waals surface area contributed by atoms with Gasteiger partial charge in [-0.3, -0.25) is 19.3 Å². The first-order chi connectivity index (χ1) is 22.2. The molecule has 0 spiro atoms. The van der Waals surface area contributed by atoms with Crippen molar-refractivity contribution in [2.75, 3.05) is 59.9 Å². The molecule has 1 saturated heterocycles. The summed E-state index contributed by atoms with van der Waals surface area (Å²) in [6, 6.07) is 8.01. The van der Waals surface area contributed by atoms with E-state index in [-0.39, 0.29) is 42.4 Å². The molecule has 2 amide bonds. The molecule has 0 aliphatic carbocycles. The van der Waals surface area contributed by atoms with Gasteiger partial charge in [-0.15, -0.1) is 0 Å². The van der Waals surface area contributed by atoms with Crippen molar-refractivity contribution in [1.82, 2.24) is 24.8 Å². The number of nitrogens with zero attached hydrogens (tertiary/aromatic N) is 3. The molecule has 0 bridgehead atoms. The van der Waals surface area contributed by atoms with Crippen molar-refractivity contribution in [3.05, 3.63) is 58.0 Å². The summed E-state index contributed by atoms with van der Waals surface area (Å²) in [4.78, 5) is 53.7. The number of amides is 2. The van der Waals surface area contributed by atoms with Crippen molar-refractivity contribution in [3.8, 4) is 34.4 Å². The summed E-state index contributed by atoms with van der Waals surface area (Å²) in [7, 11) is 6.53. The number of anilines is 1. The van der Waals surface area contributed by atoms with E-state index in [1.807, 2.05) is 7.05 Å². The molecular weight excluding hydrogens is 596 g/mol. The molecule has 1 unspecified atom stereocenters. The lowest BCUT2D eigenvalue weighted by molar-refractivity contribution is 0.0516. The van der Waals surface area contributed by atoms with Crippen molar-refractivity contribution >= 4 is 28.5 Å². The Hall–Kier alpha value is -5.08. The Labute approximate surface area is 264 Å². The summed E-state index contributed by atoms with van der Waals surface area (Å²) in [6.45, 7) is 1.62. The van der Waals surface area contributed by atoms with Gasteiger partial charge >= 0.3 is 0 Å². The third-order valence-corrected chi connectivity index (χ3v) is 8.38. The van der Waals surface area contributed by atoms with Crippen molar-refractivity contribution in [1.29, 1.82) is 0 Å². The predicted molar refractivity (Wildman–Crippen MR) is 169 cm³/mol. The average Bonchev–Trinajstić information content (AvgIpc) is 3.58. The first-order valence-electron chi connectivity index (χ1n) is 14.9. The topological polar surface area (TPSA) is 171 Å². The summed E-state index contributed by atoms with van der Waals surface area (Å²) in [5, 5.41) is 13.8. The van der Waals surface area contributed by atoms with Crippen LogP contribution in [-0.2, 0) is 0 Å². The minimum atomic E-state index is -0.964. The van der Waals surface area contributed by atoms with Gasteiger partial charge in [-0.1, -0.05) is 0 Å². The zero-order chi connectivity index (χ0) is 32.5. The molecule has 14 heteroatoms. The minimum Gasteiger partial charge on any atom is -0.493 e. The van der Waals surface area contributed by atoms with Gasteiger partial charge in [-0.05, 0) is 51.2 Å². The quantitative estimate of drug-likeness (QED) is 0.179. The van der Waals surface area contributed by atoms with Crippen LogP contribution in [0, 0.1) is 0 Å². The molecule has 1 atom stereocenters. The number of ether oxygens (including phenoxy) is 4. The fraction of sp³-hybridized carbons (Fsp3) is 0.375. The van der Waals surface area contributed by atoms with Crippen LogP contribution in [0.15, 0.2) is 41.3 Å². The maximum Gasteiger partial charge on any atom is 0.261 e. The van der Waals surface area contributed by atoms with Gasteiger partial charge < -0.3 is 44.2 Å². The Morgan fingerprint density at radius 2 is 1.67 bits per heavy atom. The zero-order valence-electron chi connectivity index (χ0n) is 26.0. The number of methoxy groups -OCH3 is 3. The number of piperidine rings is 1. The number of imidazole rings is 1. The van der Waals surface area contributed by atoms with Crippen molar-refractivity contribution in [2.24, 2.45) is 0 Å². The molecule has 4 aromatic rings. The van der Waals surface area contributed by atoms with Gasteiger partial charge in [-0.25, -0.2) is 4.98 Å². The number of carbonyl (C=O) groups is 2. The van der Waals surface area contributed by atoms with Gasteiger partial charge in [-0.2, -0.15) is 0 Å². The van der Waals surface area contributed by atoms with E-state index in [9.17, 15) is 19.5 Å². The largest absolute Gasteiger partial charge is 0.493 e. The van der Waals surface area contributed by atoms with E-state index in [0.717, 1.165) is 25.9 Å². The van der Waals surface area contributed by atoms with Crippen LogP contribution >= 0.6 is 0 Å². The van der Waals surface area contributed by atoms with Crippen molar-refractivity contribution < 1.29 is 33.6 Å². The summed E-state index contributed by atoms with van der Waals surface area (Å²) in [6.07, 6.45) is 2.00. The molecule has 2 aliphatic heterocycles. The van der Waals surface area contributed by atoms with Crippen molar-refractivity contribution in [2.45, 2.75) is 25.0 Å². The van der Waals surface area contributed by atoms with Crippen LogP contribution in [0.5, 0.6) is 23.0 Å². The molecule has 4 N–H and O–H groups in total. The number of H-pyrrole nitrogens is 2. The van der Waals surface area contributed by atoms with Gasteiger partial charge in [0, 0.05) is 30.9 Å². The molecule has 1 fully saturated rings. The molecule has 2 aliphatic rings. The monoisotopic (exact) mass is 632 g/mol. The number of fused-ring (bicyclic) bond motifs is 2. The number of rotatable bonds is 11. The van der Waals surface area contributed by atoms with Gasteiger partial charge in [0.05, 0.1) is 49.2 Å². The highest BCUT2D eigenvalue weighted by atomic mass is 16.5. The number of aromatic amines is 2. The molecule has 2 aromatic carbocycles. The van der Waals surface area contributed by atoms with Crippen LogP contribution < -0.4 is 29.8 Å². The predicted octanol–water partition coefficient (Wildman–Crippen LogP) is 2.49. The molecular formula is C32H36N6O8. The Bertz CT molecular complexity index is 1770. The number of aliphatic hydroxyl groups is 1. The number of hydrogen-bond donors (Lipinski definition) is 4. The standard InChI is InChI=1S/C32H36N6O8/c1-37-9-6-17(7-10-37)38-31(41)20-13-23-24(14-21(20)32(38)42)36-29(35-23)27-22(5-8-33-30(27)40)34-15-18(39)16-46-19-11-25(43-2)28(45-4)26(12-19)44-3/h5,8,11-14,17-18,39H,6-7,9-10,15-16H2,1-4H3,(H,35,36)(H2,33,34,40). The van der Waals surface area contributed by atoms with E-state index < -0.39 is 11.7 Å². The average molecular weight is 633 g/mol. The smallest absolute Gasteiger partial charge is 0.261 e. The summed E-state index contributed by atoms with van der Waals surface area (Å²) < 4.78 is 21.8. The third-order valence-electron chi connectivity index (χ3n) is 8.38. The lowest BCUT2D eigenvalue weighted by atomic mass is 10.0. The van der Waals surface area contributed by atoms with E-state index in [1.165, 1.54) is 32.4 Å². The first kappa shape index (κ1) is 30.9. The maximum atomic E-state index is 13.3. The lowest BCUT2D eigenvalue weighted by Crippen LogP contribution is -2.46. The third kappa shape index (κ3) is 5.72. The van der Waals surface area contributed by atoms with Crippen LogP contribution in [0.3, 0.4) is 0 Å². The molecule has 6 rings (SSSR count). The van der Waals surface area contributed by atoms with Crippen LogP contribution in [0.2, 0.25) is 0 Å². The number of aliphatic hydroxyl groups excluding tert-OH is 1. The molecule has 4 heterocycles. The van der Waals surface area contributed by atoms with E-state index >= 15 is 0 Å². The fourth-order valence-electron chi connectivity index (χ4n) is 5.95.